The Bertz CT molecular complexity index is 917. The summed E-state index contributed by atoms with van der Waals surface area (Å²) in [4.78, 5) is 11.4. The van der Waals surface area contributed by atoms with Gasteiger partial charge < -0.3 is 20.4 Å². The van der Waals surface area contributed by atoms with Crippen LogP contribution < -0.4 is 15.8 Å². The van der Waals surface area contributed by atoms with Gasteiger partial charge in [-0.25, -0.2) is 0 Å². The third kappa shape index (κ3) is 3.15. The molecule has 0 bridgehead atoms. The van der Waals surface area contributed by atoms with Crippen LogP contribution in [0.4, 0.5) is 11.4 Å². The Morgan fingerprint density at radius 3 is 2.56 bits per heavy atom. The molecule has 0 saturated heterocycles. The standard InChI is InChI=1S/C19H20ClN3O2/c1-3-23-16-9-8-14(25-2)10-15(16)18(21)19(23)12-4-6-13(7-5-12)22-17(24)11-20/h4-10H,3,11,21H2,1-2H3,(H,22,24). The minimum absolute atomic E-state index is 0.0688. The topological polar surface area (TPSA) is 69.3 Å². The van der Waals surface area contributed by atoms with Crippen LogP contribution in [0.5, 0.6) is 5.75 Å². The van der Waals surface area contributed by atoms with Gasteiger partial charge in [-0.05, 0) is 37.3 Å². The highest BCUT2D eigenvalue weighted by Crippen LogP contribution is 2.38. The molecular weight excluding hydrogens is 338 g/mol. The van der Waals surface area contributed by atoms with E-state index in [1.54, 1.807) is 7.11 Å². The number of alkyl halides is 1. The molecule has 3 N–H and O–H groups in total. The molecule has 3 rings (SSSR count). The summed E-state index contributed by atoms with van der Waals surface area (Å²) in [5.41, 5.74) is 10.9. The van der Waals surface area contributed by atoms with Crippen molar-refractivity contribution in [2.24, 2.45) is 0 Å². The van der Waals surface area contributed by atoms with E-state index < -0.39 is 0 Å². The Morgan fingerprint density at radius 2 is 1.96 bits per heavy atom. The first-order valence-electron chi connectivity index (χ1n) is 8.01. The molecule has 0 radical (unpaired) electrons. The van der Waals surface area contributed by atoms with Crippen LogP contribution in [-0.4, -0.2) is 23.5 Å². The molecule has 0 spiro atoms. The molecule has 0 atom stereocenters. The second kappa shape index (κ2) is 7.07. The molecule has 5 nitrogen and oxygen atoms in total. The van der Waals surface area contributed by atoms with Crippen LogP contribution in [-0.2, 0) is 11.3 Å². The van der Waals surface area contributed by atoms with E-state index in [0.717, 1.165) is 34.5 Å². The lowest BCUT2D eigenvalue weighted by molar-refractivity contribution is -0.113. The van der Waals surface area contributed by atoms with Gasteiger partial charge in [0.05, 0.1) is 24.0 Å². The predicted octanol–water partition coefficient (Wildman–Crippen LogP) is 4.10. The van der Waals surface area contributed by atoms with Gasteiger partial charge in [-0.1, -0.05) is 12.1 Å². The van der Waals surface area contributed by atoms with Crippen LogP contribution in [0.1, 0.15) is 6.92 Å². The summed E-state index contributed by atoms with van der Waals surface area (Å²) in [5, 5.41) is 3.70. The number of nitrogens with two attached hydrogens (primary N) is 1. The monoisotopic (exact) mass is 357 g/mol. The number of nitrogen functional groups attached to an aromatic ring is 1. The number of ether oxygens (including phenoxy) is 1. The molecule has 0 aliphatic heterocycles. The minimum Gasteiger partial charge on any atom is -0.497 e. The SMILES string of the molecule is CCn1c(-c2ccc(NC(=O)CCl)cc2)c(N)c2cc(OC)ccc21. The molecule has 6 heteroatoms. The number of fused-ring (bicyclic) bond motifs is 1. The molecule has 130 valence electrons. The summed E-state index contributed by atoms with van der Waals surface area (Å²) in [6, 6.07) is 13.5. The number of nitrogens with zero attached hydrogens (tertiary/aromatic N) is 1. The third-order valence-electron chi connectivity index (χ3n) is 4.19. The molecule has 25 heavy (non-hydrogen) atoms. The van der Waals surface area contributed by atoms with E-state index >= 15 is 0 Å². The summed E-state index contributed by atoms with van der Waals surface area (Å²) in [5.74, 6) is 0.475. The van der Waals surface area contributed by atoms with Crippen molar-refractivity contribution in [3.05, 3.63) is 42.5 Å². The first-order valence-corrected chi connectivity index (χ1v) is 8.54. The summed E-state index contributed by atoms with van der Waals surface area (Å²) >= 11 is 5.52. The molecule has 2 aromatic carbocycles. The number of amides is 1. The number of methoxy groups -OCH3 is 1. The van der Waals surface area contributed by atoms with E-state index in [2.05, 4.69) is 16.8 Å². The second-order valence-electron chi connectivity index (χ2n) is 5.65. The Hall–Kier alpha value is -2.66. The van der Waals surface area contributed by atoms with Crippen molar-refractivity contribution in [1.29, 1.82) is 0 Å². The fourth-order valence-electron chi connectivity index (χ4n) is 3.03. The number of aryl methyl sites for hydroxylation is 1. The summed E-state index contributed by atoms with van der Waals surface area (Å²) in [6.45, 7) is 2.88. The highest BCUT2D eigenvalue weighted by molar-refractivity contribution is 6.29. The molecule has 3 aromatic rings. The number of rotatable bonds is 5. The molecule has 0 saturated carbocycles. The van der Waals surface area contributed by atoms with Gasteiger partial charge in [0.1, 0.15) is 11.6 Å². The van der Waals surface area contributed by atoms with Crippen LogP contribution in [0.15, 0.2) is 42.5 Å². The lowest BCUT2D eigenvalue weighted by Gasteiger charge is -2.10. The maximum atomic E-state index is 11.4. The van der Waals surface area contributed by atoms with Crippen LogP contribution in [0.25, 0.3) is 22.2 Å². The van der Waals surface area contributed by atoms with Crippen LogP contribution in [0, 0.1) is 0 Å². The number of halogens is 1. The molecule has 0 aliphatic rings. The summed E-state index contributed by atoms with van der Waals surface area (Å²) < 4.78 is 7.49. The van der Waals surface area contributed by atoms with Crippen molar-refractivity contribution in [2.75, 3.05) is 24.0 Å². The lowest BCUT2D eigenvalue weighted by Crippen LogP contribution is -2.12. The molecule has 1 amide bonds. The van der Waals surface area contributed by atoms with Crippen molar-refractivity contribution in [3.8, 4) is 17.0 Å². The number of aromatic nitrogens is 1. The van der Waals surface area contributed by atoms with Crippen LogP contribution in [0.3, 0.4) is 0 Å². The van der Waals surface area contributed by atoms with Crippen LogP contribution >= 0.6 is 11.6 Å². The molecule has 1 aromatic heterocycles. The average molecular weight is 358 g/mol. The summed E-state index contributed by atoms with van der Waals surface area (Å²) in [7, 11) is 1.64. The fourth-order valence-corrected chi connectivity index (χ4v) is 3.10. The van der Waals surface area contributed by atoms with Gasteiger partial charge in [0.25, 0.3) is 0 Å². The number of anilines is 2. The predicted molar refractivity (Wildman–Crippen MR) is 103 cm³/mol. The van der Waals surface area contributed by atoms with E-state index in [9.17, 15) is 4.79 Å². The van der Waals surface area contributed by atoms with Crippen molar-refractivity contribution in [1.82, 2.24) is 4.57 Å². The van der Waals surface area contributed by atoms with E-state index in [0.29, 0.717) is 11.4 Å². The van der Waals surface area contributed by atoms with E-state index in [1.807, 2.05) is 42.5 Å². The first kappa shape index (κ1) is 17.2. The van der Waals surface area contributed by atoms with Crippen LogP contribution in [0.2, 0.25) is 0 Å². The van der Waals surface area contributed by atoms with Gasteiger partial charge >= 0.3 is 0 Å². The normalized spacial score (nSPS) is 10.8. The number of carbonyl (C=O) groups excluding carboxylic acids is 1. The number of hydrogen-bond donors (Lipinski definition) is 2. The van der Waals surface area contributed by atoms with Gasteiger partial charge in [-0.15, -0.1) is 11.6 Å². The van der Waals surface area contributed by atoms with Gasteiger partial charge in [0.15, 0.2) is 0 Å². The number of benzene rings is 2. The average Bonchev–Trinajstić information content (AvgIpc) is 2.93. The van der Waals surface area contributed by atoms with Crippen molar-refractivity contribution < 1.29 is 9.53 Å². The Kier molecular flexibility index (Phi) is 4.86. The highest BCUT2D eigenvalue weighted by Gasteiger charge is 2.16. The Labute approximate surface area is 151 Å². The molecule has 1 heterocycles. The Morgan fingerprint density at radius 1 is 1.24 bits per heavy atom. The molecular formula is C19H20ClN3O2. The molecule has 0 fully saturated rings. The second-order valence-corrected chi connectivity index (χ2v) is 5.92. The number of hydrogen-bond acceptors (Lipinski definition) is 3. The van der Waals surface area contributed by atoms with Gasteiger partial charge in [-0.2, -0.15) is 0 Å². The minimum atomic E-state index is -0.233. The van der Waals surface area contributed by atoms with E-state index in [1.165, 1.54) is 0 Å². The molecule has 0 aliphatic carbocycles. The quantitative estimate of drug-likeness (QED) is 0.675. The zero-order chi connectivity index (χ0) is 18.0. The van der Waals surface area contributed by atoms with Gasteiger partial charge in [-0.3, -0.25) is 4.79 Å². The zero-order valence-electron chi connectivity index (χ0n) is 14.2. The van der Waals surface area contributed by atoms with Gasteiger partial charge in [0.2, 0.25) is 5.91 Å². The van der Waals surface area contributed by atoms with Crippen molar-refractivity contribution in [3.63, 3.8) is 0 Å². The summed E-state index contributed by atoms with van der Waals surface area (Å²) in [6.07, 6.45) is 0. The smallest absolute Gasteiger partial charge is 0.239 e. The number of carbonyl (C=O) groups is 1. The van der Waals surface area contributed by atoms with E-state index in [4.69, 9.17) is 22.1 Å². The largest absolute Gasteiger partial charge is 0.497 e. The Balaban J connectivity index is 2.08. The highest BCUT2D eigenvalue weighted by atomic mass is 35.5. The van der Waals surface area contributed by atoms with Crippen molar-refractivity contribution >= 4 is 39.8 Å². The fraction of sp³-hybridized carbons (Fsp3) is 0.211. The van der Waals surface area contributed by atoms with E-state index in [-0.39, 0.29) is 11.8 Å². The first-order chi connectivity index (χ1) is 12.1. The lowest BCUT2D eigenvalue weighted by atomic mass is 10.1. The third-order valence-corrected chi connectivity index (χ3v) is 4.43. The van der Waals surface area contributed by atoms with Gasteiger partial charge in [0, 0.05) is 23.2 Å². The molecule has 0 unspecified atom stereocenters. The van der Waals surface area contributed by atoms with Crippen molar-refractivity contribution in [2.45, 2.75) is 13.5 Å². The zero-order valence-corrected chi connectivity index (χ0v) is 14.9. The maximum absolute atomic E-state index is 11.4. The maximum Gasteiger partial charge on any atom is 0.239 e. The number of nitrogens with one attached hydrogen (secondary N) is 1.